The highest BCUT2D eigenvalue weighted by atomic mass is 16.5. The molecule has 2 aromatic heterocycles. The molecule has 5 heteroatoms. The van der Waals surface area contributed by atoms with Crippen LogP contribution in [0.3, 0.4) is 0 Å². The minimum atomic E-state index is -3.02. The van der Waals surface area contributed by atoms with Crippen LogP contribution in [-0.4, -0.2) is 23.4 Å². The number of hydrogen-bond donors (Lipinski definition) is 0. The van der Waals surface area contributed by atoms with Gasteiger partial charge >= 0.3 is 0 Å². The number of benzene rings is 5. The van der Waals surface area contributed by atoms with Crippen molar-refractivity contribution in [3.63, 3.8) is 0 Å². The molecule has 0 atom stereocenters. The highest BCUT2D eigenvalue weighted by molar-refractivity contribution is 7.12. The van der Waals surface area contributed by atoms with Gasteiger partial charge in [-0.25, -0.2) is 0 Å². The third-order valence-electron chi connectivity index (χ3n) is 9.39. The average molecular weight is 677 g/mol. The van der Waals surface area contributed by atoms with E-state index in [-0.39, 0.29) is 66.9 Å². The molecule has 0 amide bonds. The van der Waals surface area contributed by atoms with Gasteiger partial charge in [0, 0.05) is 47.7 Å². The van der Waals surface area contributed by atoms with Gasteiger partial charge in [0.05, 0.1) is 11.4 Å². The zero-order chi connectivity index (χ0) is 50.2. The highest BCUT2D eigenvalue weighted by Crippen LogP contribution is 2.30. The summed E-state index contributed by atoms with van der Waals surface area (Å²) < 4.78 is 162. The van der Waals surface area contributed by atoms with Crippen LogP contribution in [0.15, 0.2) is 134 Å². The molecule has 0 saturated carbocycles. The van der Waals surface area contributed by atoms with Gasteiger partial charge in [0.1, 0.15) is 11.5 Å². The molecular formula is C46H40B2N2O. The molecule has 0 N–H and O–H groups in total. The van der Waals surface area contributed by atoms with Crippen molar-refractivity contribution >= 4 is 46.2 Å². The number of nitrogens with zero attached hydrogens (tertiary/aromatic N) is 2. The van der Waals surface area contributed by atoms with E-state index < -0.39 is 65.8 Å². The molecule has 51 heavy (non-hydrogen) atoms. The van der Waals surface area contributed by atoms with Gasteiger partial charge in [-0.05, 0) is 88.5 Å². The quantitative estimate of drug-likeness (QED) is 0.182. The van der Waals surface area contributed by atoms with E-state index in [1.54, 1.807) is 72.9 Å². The van der Waals surface area contributed by atoms with Gasteiger partial charge in [-0.1, -0.05) is 141 Å². The first kappa shape index (κ1) is 18.0. The predicted molar refractivity (Wildman–Crippen MR) is 216 cm³/mol. The average Bonchev–Trinajstić information content (AvgIpc) is 3.26. The molecule has 3 heterocycles. The molecule has 5 aromatic carbocycles. The number of hydrogen-bond acceptors (Lipinski definition) is 3. The zero-order valence-corrected chi connectivity index (χ0v) is 27.2. The fourth-order valence-corrected chi connectivity index (χ4v) is 7.15. The van der Waals surface area contributed by atoms with Gasteiger partial charge in [-0.15, -0.1) is 0 Å². The number of fused-ring (bicyclic) bond motifs is 2. The van der Waals surface area contributed by atoms with E-state index in [1.807, 2.05) is 0 Å². The van der Waals surface area contributed by atoms with Crippen LogP contribution in [0, 0.1) is 41.1 Å². The van der Waals surface area contributed by atoms with Gasteiger partial charge in [-0.2, -0.15) is 0 Å². The summed E-state index contributed by atoms with van der Waals surface area (Å²) in [6, 6.07) is 32.1. The Morgan fingerprint density at radius 3 is 1.82 bits per heavy atom. The lowest BCUT2D eigenvalue weighted by atomic mass is 9.20. The Morgan fingerprint density at radius 1 is 0.490 bits per heavy atom. The smallest absolute Gasteiger partial charge is 0.245 e. The molecule has 0 spiro atoms. The second kappa shape index (κ2) is 13.2. The van der Waals surface area contributed by atoms with E-state index >= 15 is 0 Å². The SMILES string of the molecule is [2H]C([2H])([2H])c1ccc(-c2cc(Oc3cccc(-c4ccccn4)c3)c3c(c2)B(c2c(C([2H])([2H])[2H])cccc2C([2H])([2H])[2H])c2ccccc2B3c2c(C([2H])([2H])[2H])cccc2C([2H])([2H])[2H])nc1C([2H])([2H])[2H]. The van der Waals surface area contributed by atoms with Crippen molar-refractivity contribution in [3.8, 4) is 34.0 Å². The first-order valence-corrected chi connectivity index (χ1v) is 16.3. The Morgan fingerprint density at radius 2 is 1.16 bits per heavy atom. The highest BCUT2D eigenvalue weighted by Gasteiger charge is 2.42. The number of ether oxygens (including phenoxy) is 1. The summed E-state index contributed by atoms with van der Waals surface area (Å²) in [4.78, 5) is 8.91. The monoisotopic (exact) mass is 676 g/mol. The third-order valence-corrected chi connectivity index (χ3v) is 9.39. The Hall–Kier alpha value is -5.67. The molecule has 0 bridgehead atoms. The Balaban J connectivity index is 1.59. The van der Waals surface area contributed by atoms with Crippen molar-refractivity contribution in [2.75, 3.05) is 0 Å². The standard InChI is InChI=1S/C46H40B2N2O/c1-29-23-24-42(50-34(29)6)36-27-40-46(43(28-36)51-37-19-13-18-35(26-37)41-22-9-10-25-49-41)48(45-32(4)16-12-17-33(45)5)39-21-8-7-20-38(39)47(40)44-30(2)14-11-15-31(44)3/h7-28H,1-6H3/i1D3,2D3,3D3,4D3,5D3,6D3. The van der Waals surface area contributed by atoms with Gasteiger partial charge in [-0.3, -0.25) is 9.97 Å². The van der Waals surface area contributed by atoms with Gasteiger partial charge in [0.15, 0.2) is 0 Å². The molecule has 246 valence electrons. The molecule has 1 aliphatic heterocycles. The Kier molecular flexibility index (Phi) is 4.67. The minimum Gasteiger partial charge on any atom is -0.458 e. The first-order chi connectivity index (χ1) is 32.0. The summed E-state index contributed by atoms with van der Waals surface area (Å²) in [7, 11) is 0. The molecule has 0 saturated heterocycles. The fraction of sp³-hybridized carbons (Fsp3) is 0.130. The van der Waals surface area contributed by atoms with Crippen molar-refractivity contribution in [2.45, 2.75) is 41.1 Å². The maximum atomic E-state index is 8.78. The molecular weight excluding hydrogens is 618 g/mol. The third kappa shape index (κ3) is 5.87. The lowest BCUT2D eigenvalue weighted by molar-refractivity contribution is 0.487. The summed E-state index contributed by atoms with van der Waals surface area (Å²) in [5.41, 5.74) is -0.562. The molecule has 3 nitrogen and oxygen atoms in total. The summed E-state index contributed by atoms with van der Waals surface area (Å²) >= 11 is 0. The number of aromatic nitrogens is 2. The van der Waals surface area contributed by atoms with Crippen LogP contribution in [0.25, 0.3) is 22.5 Å². The van der Waals surface area contributed by atoms with E-state index in [9.17, 15) is 0 Å². The van der Waals surface area contributed by atoms with Crippen LogP contribution in [0.5, 0.6) is 11.5 Å². The molecule has 0 unspecified atom stereocenters. The summed E-state index contributed by atoms with van der Waals surface area (Å²) in [6.07, 6.45) is 1.61. The summed E-state index contributed by atoms with van der Waals surface area (Å²) in [5, 5.41) is 0. The largest absolute Gasteiger partial charge is 0.458 e. The maximum Gasteiger partial charge on any atom is 0.245 e. The molecule has 7 aromatic rings. The zero-order valence-electron chi connectivity index (χ0n) is 45.2. The predicted octanol–water partition coefficient (Wildman–Crippen LogP) is 6.80. The van der Waals surface area contributed by atoms with E-state index in [2.05, 4.69) is 9.97 Å². The molecule has 0 aliphatic carbocycles. The van der Waals surface area contributed by atoms with Gasteiger partial charge in [0.25, 0.3) is 0 Å². The van der Waals surface area contributed by atoms with Crippen LogP contribution in [0.1, 0.15) is 58.2 Å². The fourth-order valence-electron chi connectivity index (χ4n) is 7.15. The van der Waals surface area contributed by atoms with Crippen molar-refractivity contribution in [2.24, 2.45) is 0 Å². The molecule has 8 rings (SSSR count). The molecule has 0 radical (unpaired) electrons. The van der Waals surface area contributed by atoms with Crippen molar-refractivity contribution in [1.29, 1.82) is 0 Å². The van der Waals surface area contributed by atoms with Crippen LogP contribution in [0.4, 0.5) is 0 Å². The van der Waals surface area contributed by atoms with Crippen LogP contribution in [0.2, 0.25) is 0 Å². The molecule has 0 fully saturated rings. The second-order valence-electron chi connectivity index (χ2n) is 12.4. The number of aryl methyl sites for hydroxylation is 6. The Labute approximate surface area is 327 Å². The summed E-state index contributed by atoms with van der Waals surface area (Å²) in [6.45, 7) is -20.2. The second-order valence-corrected chi connectivity index (χ2v) is 12.4. The van der Waals surface area contributed by atoms with Crippen LogP contribution in [-0.2, 0) is 0 Å². The number of rotatable bonds is 6. The van der Waals surface area contributed by atoms with Crippen molar-refractivity contribution < 1.29 is 29.4 Å². The van der Waals surface area contributed by atoms with E-state index in [1.165, 1.54) is 54.6 Å². The van der Waals surface area contributed by atoms with Gasteiger partial charge in [0.2, 0.25) is 13.4 Å². The van der Waals surface area contributed by atoms with E-state index in [0.717, 1.165) is 6.07 Å². The Bertz CT molecular complexity index is 3020. The lowest BCUT2D eigenvalue weighted by Gasteiger charge is -2.36. The first-order valence-electron chi connectivity index (χ1n) is 25.3. The van der Waals surface area contributed by atoms with E-state index in [4.69, 9.17) is 29.4 Å². The summed E-state index contributed by atoms with van der Waals surface area (Å²) in [5.74, 6) is 0.146. The topological polar surface area (TPSA) is 35.0 Å². The molecule has 1 aliphatic rings. The van der Waals surface area contributed by atoms with Crippen LogP contribution < -0.4 is 37.5 Å². The maximum absolute atomic E-state index is 8.78. The number of pyridine rings is 2. The van der Waals surface area contributed by atoms with Gasteiger partial charge < -0.3 is 4.74 Å². The van der Waals surface area contributed by atoms with E-state index in [0.29, 0.717) is 22.2 Å². The van der Waals surface area contributed by atoms with Crippen molar-refractivity contribution in [3.05, 3.63) is 167 Å². The van der Waals surface area contributed by atoms with Crippen molar-refractivity contribution in [1.82, 2.24) is 9.97 Å². The lowest BCUT2D eigenvalue weighted by Crippen LogP contribution is -2.76. The minimum absolute atomic E-state index is 0.0547. The normalized spacial score (nSPS) is 18.7. The van der Waals surface area contributed by atoms with Crippen LogP contribution >= 0.6 is 0 Å².